The van der Waals surface area contributed by atoms with Gasteiger partial charge in [-0.15, -0.1) is 0 Å². The predicted molar refractivity (Wildman–Crippen MR) is 123 cm³/mol. The quantitative estimate of drug-likeness (QED) is 0.248. The lowest BCUT2D eigenvalue weighted by molar-refractivity contribution is -0.138. The summed E-state index contributed by atoms with van der Waals surface area (Å²) in [6.07, 6.45) is -6.71. The Labute approximate surface area is 214 Å². The van der Waals surface area contributed by atoms with Crippen LogP contribution in [0, 0.1) is 0 Å². The molecule has 2 aromatic heterocycles. The molecule has 0 aliphatic heterocycles. The van der Waals surface area contributed by atoms with E-state index in [-0.39, 0.29) is 17.3 Å². The highest BCUT2D eigenvalue weighted by Gasteiger charge is 2.35. The van der Waals surface area contributed by atoms with Crippen LogP contribution in [0.4, 0.5) is 32.0 Å². The van der Waals surface area contributed by atoms with Crippen LogP contribution < -0.4 is 15.2 Å². The molecule has 2 aromatic carbocycles. The molecule has 0 saturated carbocycles. The summed E-state index contributed by atoms with van der Waals surface area (Å²) < 4.78 is 90.7. The van der Waals surface area contributed by atoms with Crippen molar-refractivity contribution in [2.24, 2.45) is 0 Å². The molecule has 0 unspecified atom stereocenters. The van der Waals surface area contributed by atoms with Gasteiger partial charge in [0.05, 0.1) is 21.2 Å². The van der Waals surface area contributed by atoms with Crippen molar-refractivity contribution >= 4 is 28.9 Å². The zero-order valence-corrected chi connectivity index (χ0v) is 19.5. The smallest absolute Gasteiger partial charge is 0.417 e. The van der Waals surface area contributed by atoms with Gasteiger partial charge in [-0.25, -0.2) is 0 Å². The minimum atomic E-state index is -4.77. The summed E-state index contributed by atoms with van der Waals surface area (Å²) in [5, 5.41) is -1.11. The molecule has 2 N–H and O–H groups in total. The van der Waals surface area contributed by atoms with E-state index in [0.29, 0.717) is 17.7 Å². The topological polar surface area (TPSA) is 83.2 Å². The number of rotatable bonds is 5. The zero-order valence-electron chi connectivity index (χ0n) is 18.0. The van der Waals surface area contributed by atoms with Crippen molar-refractivity contribution in [3.63, 3.8) is 0 Å². The van der Waals surface area contributed by atoms with Crippen LogP contribution in [0.2, 0.25) is 10.0 Å². The van der Waals surface area contributed by atoms with Gasteiger partial charge in [0, 0.05) is 18.0 Å². The molecule has 0 saturated heterocycles. The number of halogens is 8. The van der Waals surface area contributed by atoms with Crippen LogP contribution >= 0.6 is 23.2 Å². The van der Waals surface area contributed by atoms with Crippen LogP contribution in [0.15, 0.2) is 60.9 Å². The molecule has 0 atom stereocenters. The van der Waals surface area contributed by atoms with Crippen molar-refractivity contribution in [3.05, 3.63) is 82.1 Å². The number of pyridine rings is 1. The number of benzene rings is 2. The van der Waals surface area contributed by atoms with E-state index < -0.39 is 51.0 Å². The van der Waals surface area contributed by atoms with Crippen molar-refractivity contribution in [1.82, 2.24) is 15.0 Å². The maximum absolute atomic E-state index is 13.3. The average molecular weight is 561 g/mol. The van der Waals surface area contributed by atoms with Crippen molar-refractivity contribution in [1.29, 1.82) is 0 Å². The lowest BCUT2D eigenvalue weighted by Crippen LogP contribution is -2.07. The summed E-state index contributed by atoms with van der Waals surface area (Å²) in [5.41, 5.74) is 3.65. The van der Waals surface area contributed by atoms with Gasteiger partial charge in [0.2, 0.25) is 11.8 Å². The largest absolute Gasteiger partial charge is 0.437 e. The first-order chi connectivity index (χ1) is 17.3. The summed E-state index contributed by atoms with van der Waals surface area (Å²) in [4.78, 5) is 12.2. The Hall–Kier alpha value is -3.77. The molecule has 0 aliphatic rings. The molecule has 6 nitrogen and oxygen atoms in total. The van der Waals surface area contributed by atoms with Crippen LogP contribution in [-0.2, 0) is 12.4 Å². The van der Waals surface area contributed by atoms with Gasteiger partial charge in [0.15, 0.2) is 11.5 Å². The number of aromatic nitrogens is 3. The fraction of sp³-hybridized carbons (Fsp3) is 0.0870. The van der Waals surface area contributed by atoms with Gasteiger partial charge >= 0.3 is 12.4 Å². The fourth-order valence-electron chi connectivity index (χ4n) is 3.00. The molecule has 0 fully saturated rings. The first-order valence-electron chi connectivity index (χ1n) is 10.00. The van der Waals surface area contributed by atoms with E-state index in [0.717, 1.165) is 24.3 Å². The highest BCUT2D eigenvalue weighted by molar-refractivity contribution is 6.31. The van der Waals surface area contributed by atoms with Crippen molar-refractivity contribution in [2.45, 2.75) is 12.4 Å². The van der Waals surface area contributed by atoms with Crippen molar-refractivity contribution in [2.75, 3.05) is 5.73 Å². The molecule has 0 radical (unpaired) electrons. The highest BCUT2D eigenvalue weighted by atomic mass is 35.5. The maximum atomic E-state index is 13.3. The highest BCUT2D eigenvalue weighted by Crippen LogP contribution is 2.42. The molecular formula is C23H12Cl2F6N4O2. The van der Waals surface area contributed by atoms with Gasteiger partial charge in [-0.3, -0.25) is 4.98 Å². The molecule has 192 valence electrons. The average Bonchev–Trinajstić information content (AvgIpc) is 2.83. The second-order valence-corrected chi connectivity index (χ2v) is 8.11. The predicted octanol–water partition coefficient (Wildman–Crippen LogP) is 8.05. The van der Waals surface area contributed by atoms with Gasteiger partial charge < -0.3 is 15.2 Å². The van der Waals surface area contributed by atoms with Gasteiger partial charge in [-0.1, -0.05) is 23.2 Å². The second kappa shape index (κ2) is 9.94. The third-order valence-corrected chi connectivity index (χ3v) is 5.37. The number of anilines is 1. The van der Waals surface area contributed by atoms with Crippen LogP contribution in [0.25, 0.3) is 11.4 Å². The molecular weight excluding hydrogens is 549 g/mol. The van der Waals surface area contributed by atoms with E-state index >= 15 is 0 Å². The molecule has 14 heteroatoms. The Morgan fingerprint density at radius 3 is 1.62 bits per heavy atom. The third kappa shape index (κ3) is 5.97. The van der Waals surface area contributed by atoms with E-state index in [1.54, 1.807) is 12.1 Å². The molecule has 4 aromatic rings. The van der Waals surface area contributed by atoms with Crippen molar-refractivity contribution < 1.29 is 35.8 Å². The number of hydrogen-bond donors (Lipinski definition) is 1. The monoisotopic (exact) mass is 560 g/mol. The molecule has 0 amide bonds. The number of hydrogen-bond acceptors (Lipinski definition) is 6. The van der Waals surface area contributed by atoms with Crippen LogP contribution in [0.3, 0.4) is 0 Å². The van der Waals surface area contributed by atoms with Crippen LogP contribution in [-0.4, -0.2) is 15.0 Å². The van der Waals surface area contributed by atoms with Gasteiger partial charge in [-0.2, -0.15) is 36.3 Å². The van der Waals surface area contributed by atoms with Crippen LogP contribution in [0.5, 0.6) is 23.3 Å². The summed E-state index contributed by atoms with van der Waals surface area (Å²) in [6, 6.07) is 8.65. The summed E-state index contributed by atoms with van der Waals surface area (Å²) in [6.45, 7) is 0. The maximum Gasteiger partial charge on any atom is 0.417 e. The van der Waals surface area contributed by atoms with E-state index in [9.17, 15) is 26.3 Å². The normalized spacial score (nSPS) is 11.9. The molecule has 2 heterocycles. The standard InChI is InChI=1S/C23H12Cl2F6N4O2/c24-16-5-3-12(8-14(16)22(26,27)28)36-20-18(32)21(35-19(34-20)11-2-1-7-33-10-11)37-13-4-6-17(25)15(9-13)23(29,30)31/h1-10H,32H2. The summed E-state index contributed by atoms with van der Waals surface area (Å²) in [5.74, 6) is -1.58. The molecule has 4 rings (SSSR count). The lowest BCUT2D eigenvalue weighted by Gasteiger charge is -2.16. The summed E-state index contributed by atoms with van der Waals surface area (Å²) >= 11 is 11.3. The van der Waals surface area contributed by atoms with Gasteiger partial charge in [0.25, 0.3) is 0 Å². The number of nitrogens with zero attached hydrogens (tertiary/aromatic N) is 3. The van der Waals surface area contributed by atoms with E-state index in [1.165, 1.54) is 12.4 Å². The lowest BCUT2D eigenvalue weighted by atomic mass is 10.2. The number of nitrogens with two attached hydrogens (primary N) is 1. The first kappa shape index (κ1) is 26.3. The molecule has 0 spiro atoms. The van der Waals surface area contributed by atoms with E-state index in [1.807, 2.05) is 0 Å². The Bertz CT molecular complexity index is 1360. The Morgan fingerprint density at radius 2 is 1.22 bits per heavy atom. The zero-order chi connectivity index (χ0) is 27.0. The van der Waals surface area contributed by atoms with Gasteiger partial charge in [-0.05, 0) is 48.5 Å². The van der Waals surface area contributed by atoms with Crippen molar-refractivity contribution in [3.8, 4) is 34.6 Å². The number of ether oxygens (including phenoxy) is 2. The molecule has 37 heavy (non-hydrogen) atoms. The third-order valence-electron chi connectivity index (χ3n) is 4.71. The number of alkyl halides is 6. The molecule has 0 bridgehead atoms. The van der Waals surface area contributed by atoms with E-state index in [2.05, 4.69) is 15.0 Å². The van der Waals surface area contributed by atoms with Gasteiger partial charge in [0.1, 0.15) is 11.5 Å². The Morgan fingerprint density at radius 1 is 0.730 bits per heavy atom. The molecule has 0 aliphatic carbocycles. The minimum absolute atomic E-state index is 0.0812. The van der Waals surface area contributed by atoms with Crippen LogP contribution in [0.1, 0.15) is 11.1 Å². The first-order valence-corrected chi connectivity index (χ1v) is 10.8. The number of nitrogen functional groups attached to an aromatic ring is 1. The fourth-order valence-corrected chi connectivity index (χ4v) is 3.45. The van der Waals surface area contributed by atoms with E-state index in [4.69, 9.17) is 38.4 Å². The SMILES string of the molecule is Nc1c(Oc2ccc(Cl)c(C(F)(F)F)c2)nc(-c2cccnc2)nc1Oc1ccc(Cl)c(C(F)(F)F)c1. The minimum Gasteiger partial charge on any atom is -0.437 e. The Kier molecular flexibility index (Phi) is 7.07. The second-order valence-electron chi connectivity index (χ2n) is 7.30. The summed E-state index contributed by atoms with van der Waals surface area (Å²) in [7, 11) is 0. The Balaban J connectivity index is 1.80.